The maximum atomic E-state index is 12.5. The van der Waals surface area contributed by atoms with Crippen molar-refractivity contribution < 1.29 is 9.53 Å². The molecule has 3 heteroatoms. The third-order valence-corrected chi connectivity index (χ3v) is 3.98. The lowest BCUT2D eigenvalue weighted by atomic mass is 9.93. The van der Waals surface area contributed by atoms with Gasteiger partial charge in [0.2, 0.25) is 5.91 Å². The molecule has 1 amide bonds. The number of nitrogens with zero attached hydrogens (tertiary/aromatic N) is 1. The lowest BCUT2D eigenvalue weighted by Gasteiger charge is -2.30. The largest absolute Gasteiger partial charge is 0.378 e. The first kappa shape index (κ1) is 16.5. The van der Waals surface area contributed by atoms with Gasteiger partial charge in [0.25, 0.3) is 0 Å². The average molecular weight is 269 g/mol. The van der Waals surface area contributed by atoms with E-state index in [4.69, 9.17) is 4.74 Å². The molecule has 1 unspecified atom stereocenters. The summed E-state index contributed by atoms with van der Waals surface area (Å²) in [6.45, 7) is 7.43. The van der Waals surface area contributed by atoms with Crippen LogP contribution in [0.3, 0.4) is 0 Å². The van der Waals surface area contributed by atoms with Gasteiger partial charge in [-0.1, -0.05) is 52.4 Å². The quantitative estimate of drug-likeness (QED) is 0.598. The molecule has 0 aromatic carbocycles. The highest BCUT2D eigenvalue weighted by Gasteiger charge is 2.24. The summed E-state index contributed by atoms with van der Waals surface area (Å²) >= 11 is 0. The van der Waals surface area contributed by atoms with Gasteiger partial charge in [-0.15, -0.1) is 0 Å². The smallest absolute Gasteiger partial charge is 0.225 e. The van der Waals surface area contributed by atoms with Crippen molar-refractivity contribution in [3.05, 3.63) is 0 Å². The maximum absolute atomic E-state index is 12.5. The van der Waals surface area contributed by atoms with Crippen LogP contribution < -0.4 is 0 Å². The Morgan fingerprint density at radius 3 is 2.26 bits per heavy atom. The number of rotatable bonds is 9. The highest BCUT2D eigenvalue weighted by molar-refractivity contribution is 5.78. The van der Waals surface area contributed by atoms with Gasteiger partial charge in [0, 0.05) is 19.0 Å². The van der Waals surface area contributed by atoms with Gasteiger partial charge in [0.05, 0.1) is 13.2 Å². The van der Waals surface area contributed by atoms with Crippen LogP contribution in [0.15, 0.2) is 0 Å². The minimum Gasteiger partial charge on any atom is -0.378 e. The standard InChI is InChI=1S/C16H31NO2/c1-3-5-7-8-10-15(9-6-4-2)16(18)17-11-13-19-14-12-17/h15H,3-14H2,1-2H3. The van der Waals surface area contributed by atoms with Crippen LogP contribution in [-0.4, -0.2) is 37.1 Å². The van der Waals surface area contributed by atoms with Crippen LogP contribution in [0.1, 0.15) is 65.2 Å². The summed E-state index contributed by atoms with van der Waals surface area (Å²) in [6.07, 6.45) is 9.54. The van der Waals surface area contributed by atoms with Gasteiger partial charge in [-0.25, -0.2) is 0 Å². The molecule has 0 aliphatic carbocycles. The molecule has 0 N–H and O–H groups in total. The molecule has 1 heterocycles. The Bertz CT molecular complexity index is 237. The average Bonchev–Trinajstić information content (AvgIpc) is 2.47. The van der Waals surface area contributed by atoms with Crippen LogP contribution in [0.25, 0.3) is 0 Å². The molecular weight excluding hydrogens is 238 g/mol. The number of amides is 1. The van der Waals surface area contributed by atoms with Gasteiger partial charge in [0.15, 0.2) is 0 Å². The summed E-state index contributed by atoms with van der Waals surface area (Å²) in [7, 11) is 0. The number of carbonyl (C=O) groups excluding carboxylic acids is 1. The van der Waals surface area contributed by atoms with E-state index in [1.165, 1.54) is 38.5 Å². The molecule has 0 bridgehead atoms. The molecule has 1 aliphatic rings. The molecule has 1 fully saturated rings. The maximum Gasteiger partial charge on any atom is 0.225 e. The van der Waals surface area contributed by atoms with E-state index in [1.54, 1.807) is 0 Å². The van der Waals surface area contributed by atoms with Gasteiger partial charge in [0.1, 0.15) is 0 Å². The number of unbranched alkanes of at least 4 members (excludes halogenated alkanes) is 4. The Morgan fingerprint density at radius 2 is 1.63 bits per heavy atom. The molecule has 0 aromatic heterocycles. The summed E-state index contributed by atoms with van der Waals surface area (Å²) in [5.41, 5.74) is 0. The van der Waals surface area contributed by atoms with Crippen LogP contribution in [0.2, 0.25) is 0 Å². The molecule has 1 aliphatic heterocycles. The Morgan fingerprint density at radius 1 is 1.00 bits per heavy atom. The van der Waals surface area contributed by atoms with E-state index >= 15 is 0 Å². The van der Waals surface area contributed by atoms with Gasteiger partial charge >= 0.3 is 0 Å². The lowest BCUT2D eigenvalue weighted by Crippen LogP contribution is -2.43. The fraction of sp³-hybridized carbons (Fsp3) is 0.938. The van der Waals surface area contributed by atoms with Crippen molar-refractivity contribution in [3.8, 4) is 0 Å². The van der Waals surface area contributed by atoms with E-state index in [1.807, 2.05) is 4.90 Å². The number of morpholine rings is 1. The lowest BCUT2D eigenvalue weighted by molar-refractivity contribution is -0.140. The number of hydrogen-bond acceptors (Lipinski definition) is 2. The molecule has 1 atom stereocenters. The Hall–Kier alpha value is -0.570. The normalized spacial score (nSPS) is 17.5. The Kier molecular flexibility index (Phi) is 8.89. The van der Waals surface area contributed by atoms with E-state index < -0.39 is 0 Å². The minimum atomic E-state index is 0.259. The summed E-state index contributed by atoms with van der Waals surface area (Å²) in [5.74, 6) is 0.642. The van der Waals surface area contributed by atoms with Crippen LogP contribution >= 0.6 is 0 Å². The second kappa shape index (κ2) is 10.2. The van der Waals surface area contributed by atoms with E-state index in [2.05, 4.69) is 13.8 Å². The molecule has 0 aromatic rings. The highest BCUT2D eigenvalue weighted by Crippen LogP contribution is 2.20. The molecule has 3 nitrogen and oxygen atoms in total. The van der Waals surface area contributed by atoms with Crippen molar-refractivity contribution in [2.45, 2.75) is 65.2 Å². The molecule has 1 saturated heterocycles. The molecule has 112 valence electrons. The molecule has 19 heavy (non-hydrogen) atoms. The van der Waals surface area contributed by atoms with Crippen molar-refractivity contribution in [1.82, 2.24) is 4.90 Å². The number of ether oxygens (including phenoxy) is 1. The predicted octanol–water partition coefficient (Wildman–Crippen LogP) is 3.62. The van der Waals surface area contributed by atoms with Gasteiger partial charge < -0.3 is 9.64 Å². The zero-order valence-electron chi connectivity index (χ0n) is 12.8. The van der Waals surface area contributed by atoms with Crippen molar-refractivity contribution in [2.75, 3.05) is 26.3 Å². The predicted molar refractivity (Wildman–Crippen MR) is 79.2 cm³/mol. The Labute approximate surface area is 118 Å². The first-order valence-electron chi connectivity index (χ1n) is 8.16. The van der Waals surface area contributed by atoms with Crippen molar-refractivity contribution in [3.63, 3.8) is 0 Å². The van der Waals surface area contributed by atoms with Gasteiger partial charge in [-0.3, -0.25) is 4.79 Å². The Balaban J connectivity index is 2.38. The zero-order chi connectivity index (χ0) is 13.9. The van der Waals surface area contributed by atoms with E-state index in [0.717, 1.165) is 25.9 Å². The van der Waals surface area contributed by atoms with Crippen LogP contribution in [0, 0.1) is 5.92 Å². The number of hydrogen-bond donors (Lipinski definition) is 0. The van der Waals surface area contributed by atoms with Crippen LogP contribution in [0.5, 0.6) is 0 Å². The summed E-state index contributed by atoms with van der Waals surface area (Å²) in [5, 5.41) is 0. The van der Waals surface area contributed by atoms with Crippen molar-refractivity contribution in [1.29, 1.82) is 0 Å². The topological polar surface area (TPSA) is 29.5 Å². The molecule has 0 spiro atoms. The highest BCUT2D eigenvalue weighted by atomic mass is 16.5. The summed E-state index contributed by atoms with van der Waals surface area (Å²) < 4.78 is 5.33. The first-order valence-corrected chi connectivity index (χ1v) is 8.16. The first-order chi connectivity index (χ1) is 9.29. The zero-order valence-corrected chi connectivity index (χ0v) is 12.8. The third-order valence-electron chi connectivity index (χ3n) is 3.98. The van der Waals surface area contributed by atoms with E-state index in [9.17, 15) is 4.79 Å². The van der Waals surface area contributed by atoms with Crippen molar-refractivity contribution >= 4 is 5.91 Å². The van der Waals surface area contributed by atoms with E-state index in [0.29, 0.717) is 19.1 Å². The van der Waals surface area contributed by atoms with Crippen LogP contribution in [0.4, 0.5) is 0 Å². The minimum absolute atomic E-state index is 0.259. The fourth-order valence-corrected chi connectivity index (χ4v) is 2.70. The number of carbonyl (C=O) groups is 1. The van der Waals surface area contributed by atoms with Crippen molar-refractivity contribution in [2.24, 2.45) is 5.92 Å². The van der Waals surface area contributed by atoms with Crippen LogP contribution in [-0.2, 0) is 9.53 Å². The third kappa shape index (κ3) is 6.42. The fourth-order valence-electron chi connectivity index (χ4n) is 2.70. The van der Waals surface area contributed by atoms with Gasteiger partial charge in [-0.2, -0.15) is 0 Å². The monoisotopic (exact) mass is 269 g/mol. The molecule has 0 radical (unpaired) electrons. The molecule has 1 rings (SSSR count). The van der Waals surface area contributed by atoms with Gasteiger partial charge in [-0.05, 0) is 12.8 Å². The second-order valence-electron chi connectivity index (χ2n) is 5.63. The SMILES string of the molecule is CCCCCCC(CCCC)C(=O)N1CCOCC1. The van der Waals surface area contributed by atoms with E-state index in [-0.39, 0.29) is 5.92 Å². The molecule has 0 saturated carbocycles. The molecular formula is C16H31NO2. The summed E-state index contributed by atoms with van der Waals surface area (Å²) in [4.78, 5) is 14.6. The second-order valence-corrected chi connectivity index (χ2v) is 5.63. The summed E-state index contributed by atoms with van der Waals surface area (Å²) in [6, 6.07) is 0.